The fourth-order valence-electron chi connectivity index (χ4n) is 1.76. The molecule has 0 atom stereocenters. The van der Waals surface area contributed by atoms with Crippen LogP contribution in [-0.4, -0.2) is 26.2 Å². The van der Waals surface area contributed by atoms with Gasteiger partial charge < -0.3 is 5.32 Å². The van der Waals surface area contributed by atoms with Crippen LogP contribution in [0.1, 0.15) is 5.69 Å². The Labute approximate surface area is 119 Å². The predicted octanol–water partition coefficient (Wildman–Crippen LogP) is 2.76. The zero-order valence-corrected chi connectivity index (χ0v) is 12.3. The molecule has 0 saturated heterocycles. The molecule has 98 valence electrons. The van der Waals surface area contributed by atoms with E-state index in [0.717, 1.165) is 21.2 Å². The molecule has 5 nitrogen and oxygen atoms in total. The molecule has 0 aliphatic carbocycles. The second-order valence-electron chi connectivity index (χ2n) is 4.07. The number of nitrogens with zero attached hydrogens (tertiary/aromatic N) is 4. The molecule has 7 heteroatoms. The van der Waals surface area contributed by atoms with Crippen molar-refractivity contribution in [2.45, 2.75) is 10.9 Å². The number of thioether (sulfide) groups is 1. The summed E-state index contributed by atoms with van der Waals surface area (Å²) in [5.74, 6) is 0. The number of aryl methyl sites for hydroxylation is 1. The van der Waals surface area contributed by atoms with Crippen molar-refractivity contribution in [2.75, 3.05) is 11.6 Å². The highest BCUT2D eigenvalue weighted by Crippen LogP contribution is 2.30. The first-order valence-corrected chi connectivity index (χ1v) is 7.82. The largest absolute Gasteiger partial charge is 0.379 e. The molecule has 2 aromatic heterocycles. The molecule has 3 rings (SSSR count). The average molecular weight is 291 g/mol. The van der Waals surface area contributed by atoms with Crippen LogP contribution in [0.2, 0.25) is 0 Å². The number of fused-ring (bicyclic) bond motifs is 1. The molecular weight excluding hydrogens is 278 g/mol. The van der Waals surface area contributed by atoms with Crippen LogP contribution in [0.4, 0.5) is 5.69 Å². The van der Waals surface area contributed by atoms with Gasteiger partial charge in [0.1, 0.15) is 0 Å². The predicted molar refractivity (Wildman–Crippen MR) is 79.7 cm³/mol. The van der Waals surface area contributed by atoms with Gasteiger partial charge in [0.2, 0.25) is 0 Å². The summed E-state index contributed by atoms with van der Waals surface area (Å²) in [5, 5.41) is 11.1. The fraction of sp³-hybridized carbons (Fsp3) is 0.250. The van der Waals surface area contributed by atoms with Gasteiger partial charge in [0, 0.05) is 12.7 Å². The number of thiazole rings is 1. The van der Waals surface area contributed by atoms with Crippen LogP contribution >= 0.6 is 23.1 Å². The smallest absolute Gasteiger partial charge is 0.150 e. The van der Waals surface area contributed by atoms with Gasteiger partial charge in [-0.05, 0) is 24.5 Å². The molecule has 3 aromatic rings. The highest BCUT2D eigenvalue weighted by Gasteiger charge is 2.04. The van der Waals surface area contributed by atoms with E-state index in [2.05, 4.69) is 38.8 Å². The van der Waals surface area contributed by atoms with Gasteiger partial charge in [-0.25, -0.2) is 4.98 Å². The van der Waals surface area contributed by atoms with E-state index >= 15 is 0 Å². The number of aromatic nitrogens is 4. The van der Waals surface area contributed by atoms with E-state index in [9.17, 15) is 0 Å². The van der Waals surface area contributed by atoms with Gasteiger partial charge in [0.05, 0.1) is 28.7 Å². The van der Waals surface area contributed by atoms with Crippen molar-refractivity contribution in [3.63, 3.8) is 0 Å². The minimum Gasteiger partial charge on any atom is -0.379 e. The molecular formula is C12H13N5S2. The Morgan fingerprint density at radius 1 is 1.42 bits per heavy atom. The summed E-state index contributed by atoms with van der Waals surface area (Å²) >= 11 is 3.40. The van der Waals surface area contributed by atoms with E-state index in [1.165, 1.54) is 4.70 Å². The van der Waals surface area contributed by atoms with Gasteiger partial charge in [-0.2, -0.15) is 0 Å². The van der Waals surface area contributed by atoms with Crippen LogP contribution < -0.4 is 5.32 Å². The van der Waals surface area contributed by atoms with Crippen molar-refractivity contribution in [1.82, 2.24) is 20.0 Å². The quantitative estimate of drug-likeness (QED) is 0.749. The molecule has 0 saturated carbocycles. The van der Waals surface area contributed by atoms with E-state index < -0.39 is 0 Å². The summed E-state index contributed by atoms with van der Waals surface area (Å²) in [5.41, 5.74) is 3.20. The second kappa shape index (κ2) is 5.18. The van der Waals surface area contributed by atoms with Crippen molar-refractivity contribution in [3.8, 4) is 0 Å². The van der Waals surface area contributed by atoms with Gasteiger partial charge in [0.25, 0.3) is 0 Å². The summed E-state index contributed by atoms with van der Waals surface area (Å²) in [7, 11) is 1.89. The summed E-state index contributed by atoms with van der Waals surface area (Å²) < 4.78 is 4.07. The molecule has 0 bridgehead atoms. The van der Waals surface area contributed by atoms with Gasteiger partial charge in [-0.3, -0.25) is 4.68 Å². The maximum Gasteiger partial charge on any atom is 0.150 e. The molecule has 0 amide bonds. The van der Waals surface area contributed by atoms with Crippen molar-refractivity contribution in [1.29, 1.82) is 0 Å². The zero-order chi connectivity index (χ0) is 13.2. The third kappa shape index (κ3) is 2.57. The first-order chi connectivity index (χ1) is 9.26. The number of nitrogens with one attached hydrogen (secondary N) is 1. The average Bonchev–Trinajstić information content (AvgIpc) is 3.01. The Bertz CT molecular complexity index is 703. The third-order valence-electron chi connectivity index (χ3n) is 2.83. The monoisotopic (exact) mass is 291 g/mol. The molecule has 0 fully saturated rings. The Morgan fingerprint density at radius 2 is 2.32 bits per heavy atom. The minimum atomic E-state index is 0.712. The highest BCUT2D eigenvalue weighted by atomic mass is 32.2. The number of hydrogen-bond donors (Lipinski definition) is 1. The summed E-state index contributed by atoms with van der Waals surface area (Å²) in [6.07, 6.45) is 3.82. The van der Waals surface area contributed by atoms with Crippen LogP contribution in [0.5, 0.6) is 0 Å². The van der Waals surface area contributed by atoms with Crippen LogP contribution in [0.15, 0.2) is 28.7 Å². The first kappa shape index (κ1) is 12.4. The number of benzene rings is 1. The van der Waals surface area contributed by atoms with E-state index in [1.54, 1.807) is 34.0 Å². The second-order valence-corrected chi connectivity index (χ2v) is 6.15. The lowest BCUT2D eigenvalue weighted by Crippen LogP contribution is -2.05. The maximum atomic E-state index is 4.53. The molecule has 0 spiro atoms. The fourth-order valence-corrected chi connectivity index (χ4v) is 3.29. The SMILES string of the molecule is CSc1nc2ccc(NCc3cnnn3C)cc2s1. The standard InChI is InChI=1S/C12H13N5S2/c1-17-9(7-14-16-17)6-13-8-3-4-10-11(5-8)19-12(15-10)18-2/h3-5,7,13H,6H2,1-2H3. The molecule has 0 unspecified atom stereocenters. The van der Waals surface area contributed by atoms with Crippen LogP contribution in [0, 0.1) is 0 Å². The topological polar surface area (TPSA) is 55.6 Å². The first-order valence-electron chi connectivity index (χ1n) is 5.78. The Balaban J connectivity index is 1.79. The summed E-state index contributed by atoms with van der Waals surface area (Å²) in [6, 6.07) is 6.24. The van der Waals surface area contributed by atoms with E-state index in [1.807, 2.05) is 13.3 Å². The van der Waals surface area contributed by atoms with Crippen molar-refractivity contribution in [2.24, 2.45) is 7.05 Å². The van der Waals surface area contributed by atoms with E-state index in [4.69, 9.17) is 0 Å². The highest BCUT2D eigenvalue weighted by molar-refractivity contribution is 8.00. The van der Waals surface area contributed by atoms with Crippen molar-refractivity contribution < 1.29 is 0 Å². The van der Waals surface area contributed by atoms with Crippen molar-refractivity contribution in [3.05, 3.63) is 30.1 Å². The summed E-state index contributed by atoms with van der Waals surface area (Å²) in [6.45, 7) is 0.712. The molecule has 19 heavy (non-hydrogen) atoms. The molecule has 0 aliphatic rings. The van der Waals surface area contributed by atoms with Crippen molar-refractivity contribution >= 4 is 39.0 Å². The molecule has 2 heterocycles. The zero-order valence-electron chi connectivity index (χ0n) is 10.6. The van der Waals surface area contributed by atoms with Gasteiger partial charge in [-0.1, -0.05) is 17.0 Å². The molecule has 1 aromatic carbocycles. The van der Waals surface area contributed by atoms with E-state index in [-0.39, 0.29) is 0 Å². The lowest BCUT2D eigenvalue weighted by atomic mass is 10.3. The number of hydrogen-bond acceptors (Lipinski definition) is 6. The summed E-state index contributed by atoms with van der Waals surface area (Å²) in [4.78, 5) is 4.53. The molecule has 0 aliphatic heterocycles. The normalized spacial score (nSPS) is 11.1. The maximum absolute atomic E-state index is 4.53. The molecule has 1 N–H and O–H groups in total. The van der Waals surface area contributed by atoms with Gasteiger partial charge in [0.15, 0.2) is 4.34 Å². The Kier molecular flexibility index (Phi) is 3.39. The Hall–Kier alpha value is -1.60. The van der Waals surface area contributed by atoms with Gasteiger partial charge in [-0.15, -0.1) is 16.4 Å². The van der Waals surface area contributed by atoms with Crippen LogP contribution in [0.25, 0.3) is 10.2 Å². The third-order valence-corrected chi connectivity index (χ3v) is 4.83. The van der Waals surface area contributed by atoms with Crippen LogP contribution in [-0.2, 0) is 13.6 Å². The number of anilines is 1. The van der Waals surface area contributed by atoms with E-state index in [0.29, 0.717) is 6.54 Å². The number of rotatable bonds is 4. The van der Waals surface area contributed by atoms with Gasteiger partial charge >= 0.3 is 0 Å². The molecule has 0 radical (unpaired) electrons. The van der Waals surface area contributed by atoms with Crippen LogP contribution in [0.3, 0.4) is 0 Å². The lowest BCUT2D eigenvalue weighted by Gasteiger charge is -2.05. The lowest BCUT2D eigenvalue weighted by molar-refractivity contribution is 0.683. The minimum absolute atomic E-state index is 0.712. The Morgan fingerprint density at radius 3 is 3.05 bits per heavy atom.